The number of hydrogen-bond acceptors (Lipinski definition) is 4. The number of carbonyl (C=O) groups is 2. The summed E-state index contributed by atoms with van der Waals surface area (Å²) in [5.41, 5.74) is 1.38. The molecule has 0 saturated carbocycles. The Morgan fingerprint density at radius 2 is 1.64 bits per heavy atom. The quantitative estimate of drug-likeness (QED) is 0.295. The highest BCUT2D eigenvalue weighted by molar-refractivity contribution is 6.46. The Bertz CT molecular complexity index is 1210. The predicted octanol–water partition coefficient (Wildman–Crippen LogP) is 5.26. The van der Waals surface area contributed by atoms with Gasteiger partial charge in [0, 0.05) is 23.7 Å². The van der Waals surface area contributed by atoms with Crippen molar-refractivity contribution in [2.24, 2.45) is 0 Å². The first-order chi connectivity index (χ1) is 16.0. The van der Waals surface area contributed by atoms with Crippen molar-refractivity contribution >= 4 is 39.8 Å². The number of amides is 1. The van der Waals surface area contributed by atoms with Crippen molar-refractivity contribution in [2.75, 3.05) is 26.2 Å². The number of halogens is 1. The molecule has 4 rings (SSSR count). The van der Waals surface area contributed by atoms with Gasteiger partial charge >= 0.3 is 0 Å². The normalized spacial score (nSPS) is 17.9. The van der Waals surface area contributed by atoms with Gasteiger partial charge < -0.3 is 14.9 Å². The summed E-state index contributed by atoms with van der Waals surface area (Å²) in [5.74, 6) is -1.42. The third-order valence-corrected chi connectivity index (χ3v) is 6.57. The lowest BCUT2D eigenvalue weighted by Crippen LogP contribution is -2.38. The summed E-state index contributed by atoms with van der Waals surface area (Å²) in [6.45, 7) is 6.85. The number of aliphatic hydroxyl groups is 1. The summed E-state index contributed by atoms with van der Waals surface area (Å²) in [7, 11) is 0. The third kappa shape index (κ3) is 4.39. The first-order valence-electron chi connectivity index (χ1n) is 11.2. The van der Waals surface area contributed by atoms with Crippen LogP contribution in [0.3, 0.4) is 0 Å². The minimum absolute atomic E-state index is 0.109. The molecular weight excluding hydrogens is 436 g/mol. The van der Waals surface area contributed by atoms with Crippen LogP contribution in [0.5, 0.6) is 0 Å². The van der Waals surface area contributed by atoms with Crippen molar-refractivity contribution in [1.82, 2.24) is 9.80 Å². The van der Waals surface area contributed by atoms with E-state index in [2.05, 4.69) is 18.7 Å². The molecule has 1 N–H and O–H groups in total. The molecule has 3 aromatic rings. The molecule has 1 aliphatic heterocycles. The fraction of sp³-hybridized carbons (Fsp3) is 0.259. The summed E-state index contributed by atoms with van der Waals surface area (Å²) < 4.78 is 0. The monoisotopic (exact) mass is 462 g/mol. The summed E-state index contributed by atoms with van der Waals surface area (Å²) >= 11 is 6.10. The number of aliphatic hydroxyl groups excluding tert-OH is 1. The number of fused-ring (bicyclic) bond motifs is 1. The maximum atomic E-state index is 13.3. The van der Waals surface area contributed by atoms with E-state index in [9.17, 15) is 14.7 Å². The number of Topliss-reactive ketones (excluding diaryl/α,β-unsaturated/α-hetero) is 1. The number of hydrogen-bond donors (Lipinski definition) is 1. The Balaban J connectivity index is 1.86. The van der Waals surface area contributed by atoms with E-state index >= 15 is 0 Å². The van der Waals surface area contributed by atoms with Crippen LogP contribution in [0.1, 0.15) is 31.0 Å². The van der Waals surface area contributed by atoms with Gasteiger partial charge in [-0.1, -0.05) is 80.0 Å². The van der Waals surface area contributed by atoms with Crippen LogP contribution in [0.2, 0.25) is 5.02 Å². The van der Waals surface area contributed by atoms with Gasteiger partial charge in [0.15, 0.2) is 0 Å². The first-order valence-corrected chi connectivity index (χ1v) is 11.6. The number of likely N-dealkylation sites (tertiary alicyclic amines) is 1. The van der Waals surface area contributed by atoms with Crippen molar-refractivity contribution in [3.05, 3.63) is 88.5 Å². The molecule has 0 bridgehead atoms. The van der Waals surface area contributed by atoms with Gasteiger partial charge in [-0.05, 0) is 41.6 Å². The zero-order chi connectivity index (χ0) is 23.5. The van der Waals surface area contributed by atoms with Gasteiger partial charge in [-0.3, -0.25) is 9.59 Å². The van der Waals surface area contributed by atoms with Gasteiger partial charge in [0.1, 0.15) is 5.76 Å². The number of rotatable bonds is 7. The number of carbonyl (C=O) groups excluding carboxylic acids is 2. The van der Waals surface area contributed by atoms with Gasteiger partial charge in [0.2, 0.25) is 0 Å². The summed E-state index contributed by atoms with van der Waals surface area (Å²) in [5, 5.41) is 13.8. The van der Waals surface area contributed by atoms with Gasteiger partial charge in [0.25, 0.3) is 11.7 Å². The van der Waals surface area contributed by atoms with E-state index in [0.717, 1.165) is 29.4 Å². The van der Waals surface area contributed by atoms with Gasteiger partial charge in [0.05, 0.1) is 11.6 Å². The molecule has 1 amide bonds. The van der Waals surface area contributed by atoms with Crippen LogP contribution in [0.15, 0.2) is 72.3 Å². The predicted molar refractivity (Wildman–Crippen MR) is 132 cm³/mol. The topological polar surface area (TPSA) is 60.9 Å². The van der Waals surface area contributed by atoms with E-state index in [4.69, 9.17) is 11.6 Å². The van der Waals surface area contributed by atoms with E-state index in [1.807, 2.05) is 36.4 Å². The summed E-state index contributed by atoms with van der Waals surface area (Å²) in [4.78, 5) is 30.2. The van der Waals surface area contributed by atoms with E-state index in [1.54, 1.807) is 35.2 Å². The van der Waals surface area contributed by atoms with E-state index in [0.29, 0.717) is 23.7 Å². The zero-order valence-corrected chi connectivity index (χ0v) is 19.5. The molecule has 33 heavy (non-hydrogen) atoms. The maximum Gasteiger partial charge on any atom is 0.295 e. The lowest BCUT2D eigenvalue weighted by molar-refractivity contribution is -0.140. The van der Waals surface area contributed by atoms with Crippen molar-refractivity contribution in [1.29, 1.82) is 0 Å². The Morgan fingerprint density at radius 1 is 0.970 bits per heavy atom. The highest BCUT2D eigenvalue weighted by Crippen LogP contribution is 2.40. The molecule has 1 saturated heterocycles. The van der Waals surface area contributed by atoms with Gasteiger partial charge in [-0.15, -0.1) is 0 Å². The molecular formula is C27H27ClN2O3. The molecule has 1 fully saturated rings. The van der Waals surface area contributed by atoms with E-state index < -0.39 is 17.7 Å². The number of ketones is 1. The Morgan fingerprint density at radius 3 is 2.33 bits per heavy atom. The van der Waals surface area contributed by atoms with Crippen LogP contribution in [0.25, 0.3) is 16.5 Å². The summed E-state index contributed by atoms with van der Waals surface area (Å²) in [6, 6.07) is 19.6. The standard InChI is InChI=1S/C27H27ClN2O3/c1-3-29(4-2)16-17-30-24(19-12-14-20(28)15-13-19)23(26(32)27(30)33)25(31)22-11-7-9-18-8-5-6-10-21(18)22/h5-15,24,31H,3-4,16-17H2,1-2H3/b25-23-. The van der Waals surface area contributed by atoms with Crippen molar-refractivity contribution in [3.8, 4) is 0 Å². The van der Waals surface area contributed by atoms with Gasteiger partial charge in [-0.2, -0.15) is 0 Å². The number of likely N-dealkylation sites (N-methyl/N-ethyl adjacent to an activating group) is 1. The molecule has 1 heterocycles. The Hall–Kier alpha value is -3.15. The molecule has 170 valence electrons. The zero-order valence-electron chi connectivity index (χ0n) is 18.8. The average molecular weight is 463 g/mol. The smallest absolute Gasteiger partial charge is 0.295 e. The maximum absolute atomic E-state index is 13.3. The highest BCUT2D eigenvalue weighted by Gasteiger charge is 2.46. The highest BCUT2D eigenvalue weighted by atomic mass is 35.5. The minimum Gasteiger partial charge on any atom is -0.507 e. The molecule has 1 atom stereocenters. The van der Waals surface area contributed by atoms with Gasteiger partial charge in [-0.25, -0.2) is 0 Å². The SMILES string of the molecule is CCN(CC)CCN1C(=O)C(=O)/C(=C(\O)c2cccc3ccccc23)C1c1ccc(Cl)cc1. The average Bonchev–Trinajstić information content (AvgIpc) is 3.09. The molecule has 0 aliphatic carbocycles. The van der Waals surface area contributed by atoms with E-state index in [-0.39, 0.29) is 11.3 Å². The Kier molecular flexibility index (Phi) is 6.82. The minimum atomic E-state index is -0.684. The van der Waals surface area contributed by atoms with Crippen molar-refractivity contribution in [3.63, 3.8) is 0 Å². The fourth-order valence-corrected chi connectivity index (χ4v) is 4.59. The number of nitrogens with zero attached hydrogens (tertiary/aromatic N) is 2. The van der Waals surface area contributed by atoms with Crippen LogP contribution in [-0.2, 0) is 9.59 Å². The van der Waals surface area contributed by atoms with Crippen LogP contribution in [0, 0.1) is 0 Å². The van der Waals surface area contributed by atoms with Crippen molar-refractivity contribution < 1.29 is 14.7 Å². The lowest BCUT2D eigenvalue weighted by atomic mass is 9.93. The second kappa shape index (κ2) is 9.77. The molecule has 0 spiro atoms. The van der Waals surface area contributed by atoms with Crippen LogP contribution in [-0.4, -0.2) is 52.8 Å². The summed E-state index contributed by atoms with van der Waals surface area (Å²) in [6.07, 6.45) is 0. The lowest BCUT2D eigenvalue weighted by Gasteiger charge is -2.28. The molecule has 3 aromatic carbocycles. The molecule has 5 nitrogen and oxygen atoms in total. The second-order valence-corrected chi connectivity index (χ2v) is 8.53. The van der Waals surface area contributed by atoms with Crippen LogP contribution >= 0.6 is 11.6 Å². The molecule has 1 aliphatic rings. The molecule has 6 heteroatoms. The van der Waals surface area contributed by atoms with Crippen LogP contribution < -0.4 is 0 Å². The fourth-order valence-electron chi connectivity index (χ4n) is 4.47. The third-order valence-electron chi connectivity index (χ3n) is 6.32. The second-order valence-electron chi connectivity index (χ2n) is 8.10. The van der Waals surface area contributed by atoms with Crippen LogP contribution in [0.4, 0.5) is 0 Å². The molecule has 0 aromatic heterocycles. The molecule has 1 unspecified atom stereocenters. The number of benzene rings is 3. The van der Waals surface area contributed by atoms with Crippen molar-refractivity contribution in [2.45, 2.75) is 19.9 Å². The largest absolute Gasteiger partial charge is 0.507 e. The molecule has 0 radical (unpaired) electrons. The Labute approximate surface area is 198 Å². The van der Waals surface area contributed by atoms with E-state index in [1.165, 1.54) is 0 Å². The first kappa shape index (κ1) is 23.0.